The number of anilines is 2. The lowest BCUT2D eigenvalue weighted by atomic mass is 10.3. The molecule has 6 nitrogen and oxygen atoms in total. The molecule has 2 rings (SSSR count). The zero-order valence-corrected chi connectivity index (χ0v) is 6.75. The summed E-state index contributed by atoms with van der Waals surface area (Å²) < 4.78 is 1.41. The van der Waals surface area contributed by atoms with Gasteiger partial charge in [-0.05, 0) is 28.6 Å². The van der Waals surface area contributed by atoms with Gasteiger partial charge in [0.05, 0.1) is 5.69 Å². The van der Waals surface area contributed by atoms with Crippen molar-refractivity contribution in [3.05, 3.63) is 24.3 Å². The van der Waals surface area contributed by atoms with Crippen LogP contribution in [-0.4, -0.2) is 20.2 Å². The zero-order chi connectivity index (χ0) is 9.26. The van der Waals surface area contributed by atoms with Crippen LogP contribution in [0.15, 0.2) is 24.3 Å². The molecule has 1 heterocycles. The van der Waals surface area contributed by atoms with Crippen LogP contribution in [0, 0.1) is 0 Å². The van der Waals surface area contributed by atoms with Gasteiger partial charge in [-0.25, -0.2) is 0 Å². The molecule has 0 amide bonds. The van der Waals surface area contributed by atoms with Crippen LogP contribution in [0.4, 0.5) is 11.6 Å². The van der Waals surface area contributed by atoms with Gasteiger partial charge in [-0.2, -0.15) is 4.68 Å². The summed E-state index contributed by atoms with van der Waals surface area (Å²) in [6.45, 7) is 0. The SMILES string of the molecule is Nc1cccc(-n2nnnc2N)c1. The summed E-state index contributed by atoms with van der Waals surface area (Å²) in [5.74, 6) is 0.241. The van der Waals surface area contributed by atoms with E-state index in [2.05, 4.69) is 15.5 Å². The average Bonchev–Trinajstić information content (AvgIpc) is 2.51. The van der Waals surface area contributed by atoms with Crippen molar-refractivity contribution in [2.24, 2.45) is 0 Å². The number of aromatic nitrogens is 4. The van der Waals surface area contributed by atoms with Crippen LogP contribution in [0.5, 0.6) is 0 Å². The van der Waals surface area contributed by atoms with Crippen molar-refractivity contribution >= 4 is 11.6 Å². The molecule has 0 saturated heterocycles. The van der Waals surface area contributed by atoms with Crippen LogP contribution in [0.3, 0.4) is 0 Å². The van der Waals surface area contributed by atoms with E-state index in [9.17, 15) is 0 Å². The second-order valence-electron chi connectivity index (χ2n) is 2.54. The molecule has 66 valence electrons. The number of tetrazole rings is 1. The first-order chi connectivity index (χ1) is 6.27. The minimum Gasteiger partial charge on any atom is -0.399 e. The Kier molecular flexibility index (Phi) is 1.59. The van der Waals surface area contributed by atoms with Crippen LogP contribution in [0.2, 0.25) is 0 Å². The summed E-state index contributed by atoms with van der Waals surface area (Å²) >= 11 is 0. The van der Waals surface area contributed by atoms with E-state index >= 15 is 0 Å². The lowest BCUT2D eigenvalue weighted by Gasteiger charge is -2.00. The number of benzene rings is 1. The van der Waals surface area contributed by atoms with Gasteiger partial charge in [0.2, 0.25) is 5.95 Å². The monoisotopic (exact) mass is 176 g/mol. The minimum absolute atomic E-state index is 0.241. The summed E-state index contributed by atoms with van der Waals surface area (Å²) in [4.78, 5) is 0. The van der Waals surface area contributed by atoms with E-state index in [1.807, 2.05) is 12.1 Å². The second kappa shape index (κ2) is 2.74. The lowest BCUT2D eigenvalue weighted by Crippen LogP contribution is -2.02. The van der Waals surface area contributed by atoms with Gasteiger partial charge in [0.25, 0.3) is 0 Å². The van der Waals surface area contributed by atoms with Crippen molar-refractivity contribution in [1.82, 2.24) is 20.2 Å². The summed E-state index contributed by atoms with van der Waals surface area (Å²) in [5.41, 5.74) is 12.5. The van der Waals surface area contributed by atoms with E-state index in [0.717, 1.165) is 5.69 Å². The Labute approximate surface area is 74.2 Å². The molecule has 0 atom stereocenters. The van der Waals surface area contributed by atoms with Crippen molar-refractivity contribution in [2.75, 3.05) is 11.5 Å². The Morgan fingerprint density at radius 3 is 2.69 bits per heavy atom. The second-order valence-corrected chi connectivity index (χ2v) is 2.54. The van der Waals surface area contributed by atoms with E-state index in [-0.39, 0.29) is 5.95 Å². The van der Waals surface area contributed by atoms with E-state index in [0.29, 0.717) is 5.69 Å². The lowest BCUT2D eigenvalue weighted by molar-refractivity contribution is 0.792. The van der Waals surface area contributed by atoms with Crippen LogP contribution in [0.25, 0.3) is 5.69 Å². The molecule has 0 bridgehead atoms. The average molecular weight is 176 g/mol. The zero-order valence-electron chi connectivity index (χ0n) is 6.75. The van der Waals surface area contributed by atoms with Crippen molar-refractivity contribution in [3.8, 4) is 5.69 Å². The molecular weight excluding hydrogens is 168 g/mol. The molecule has 1 aromatic carbocycles. The highest BCUT2D eigenvalue weighted by Crippen LogP contribution is 2.12. The predicted molar refractivity (Wildman–Crippen MR) is 48.0 cm³/mol. The van der Waals surface area contributed by atoms with Gasteiger partial charge >= 0.3 is 0 Å². The molecule has 0 radical (unpaired) electrons. The van der Waals surface area contributed by atoms with Gasteiger partial charge < -0.3 is 11.5 Å². The fourth-order valence-electron chi connectivity index (χ4n) is 1.03. The van der Waals surface area contributed by atoms with Crippen LogP contribution in [-0.2, 0) is 0 Å². The number of nitrogen functional groups attached to an aromatic ring is 2. The third-order valence-corrected chi connectivity index (χ3v) is 1.61. The Bertz CT molecular complexity index is 420. The third-order valence-electron chi connectivity index (χ3n) is 1.61. The van der Waals surface area contributed by atoms with Gasteiger partial charge in [0.15, 0.2) is 0 Å². The number of hydrogen-bond donors (Lipinski definition) is 2. The fraction of sp³-hybridized carbons (Fsp3) is 0. The van der Waals surface area contributed by atoms with Gasteiger partial charge in [-0.15, -0.1) is 0 Å². The minimum atomic E-state index is 0.241. The molecular formula is C7H8N6. The molecule has 0 aliphatic heterocycles. The van der Waals surface area contributed by atoms with E-state index in [1.54, 1.807) is 12.1 Å². The number of nitrogens with two attached hydrogens (primary N) is 2. The summed E-state index contributed by atoms with van der Waals surface area (Å²) in [5, 5.41) is 10.7. The Morgan fingerprint density at radius 1 is 1.23 bits per heavy atom. The third kappa shape index (κ3) is 1.28. The normalized spacial score (nSPS) is 10.2. The van der Waals surface area contributed by atoms with Crippen molar-refractivity contribution in [2.45, 2.75) is 0 Å². The van der Waals surface area contributed by atoms with Gasteiger partial charge in [-0.1, -0.05) is 11.2 Å². The molecule has 2 aromatic rings. The Balaban J connectivity index is 2.53. The summed E-state index contributed by atoms with van der Waals surface area (Å²) in [6, 6.07) is 7.16. The Morgan fingerprint density at radius 2 is 2.08 bits per heavy atom. The molecule has 0 fully saturated rings. The highest BCUT2D eigenvalue weighted by molar-refractivity contribution is 5.48. The summed E-state index contributed by atoms with van der Waals surface area (Å²) in [6.07, 6.45) is 0. The Hall–Kier alpha value is -2.11. The summed E-state index contributed by atoms with van der Waals surface area (Å²) in [7, 11) is 0. The maximum atomic E-state index is 5.59. The maximum Gasteiger partial charge on any atom is 0.245 e. The van der Waals surface area contributed by atoms with Crippen molar-refractivity contribution in [3.63, 3.8) is 0 Å². The van der Waals surface area contributed by atoms with Crippen molar-refractivity contribution in [1.29, 1.82) is 0 Å². The van der Waals surface area contributed by atoms with Crippen LogP contribution in [0.1, 0.15) is 0 Å². The standard InChI is InChI=1S/C7H8N6/c8-5-2-1-3-6(4-5)13-7(9)10-11-12-13/h1-4H,8H2,(H2,9,10,12). The van der Waals surface area contributed by atoms with Gasteiger partial charge in [-0.3, -0.25) is 0 Å². The molecule has 0 spiro atoms. The smallest absolute Gasteiger partial charge is 0.245 e. The predicted octanol–water partition coefficient (Wildman–Crippen LogP) is -0.173. The van der Waals surface area contributed by atoms with Crippen LogP contribution >= 0.6 is 0 Å². The molecule has 0 saturated carbocycles. The van der Waals surface area contributed by atoms with E-state index < -0.39 is 0 Å². The molecule has 13 heavy (non-hydrogen) atoms. The molecule has 0 aliphatic carbocycles. The number of hydrogen-bond acceptors (Lipinski definition) is 5. The first-order valence-electron chi connectivity index (χ1n) is 3.67. The molecule has 6 heteroatoms. The first kappa shape index (κ1) is 7.53. The van der Waals surface area contributed by atoms with E-state index in [1.165, 1.54) is 4.68 Å². The number of nitrogens with zero attached hydrogens (tertiary/aromatic N) is 4. The largest absolute Gasteiger partial charge is 0.399 e. The highest BCUT2D eigenvalue weighted by atomic mass is 15.6. The van der Waals surface area contributed by atoms with Gasteiger partial charge in [0.1, 0.15) is 0 Å². The number of rotatable bonds is 1. The topological polar surface area (TPSA) is 95.6 Å². The van der Waals surface area contributed by atoms with Crippen LogP contribution < -0.4 is 11.5 Å². The van der Waals surface area contributed by atoms with Crippen molar-refractivity contribution < 1.29 is 0 Å². The molecule has 0 aliphatic rings. The fourth-order valence-corrected chi connectivity index (χ4v) is 1.03. The molecule has 4 N–H and O–H groups in total. The highest BCUT2D eigenvalue weighted by Gasteiger charge is 2.02. The maximum absolute atomic E-state index is 5.59. The van der Waals surface area contributed by atoms with Gasteiger partial charge in [0, 0.05) is 5.69 Å². The quantitative estimate of drug-likeness (QED) is 0.588. The first-order valence-corrected chi connectivity index (χ1v) is 3.67. The van der Waals surface area contributed by atoms with E-state index in [4.69, 9.17) is 11.5 Å². The molecule has 0 unspecified atom stereocenters. The molecule has 1 aromatic heterocycles.